The van der Waals surface area contributed by atoms with Gasteiger partial charge in [-0.25, -0.2) is 0 Å². The molecule has 0 saturated heterocycles. The van der Waals surface area contributed by atoms with Crippen molar-refractivity contribution in [1.29, 1.82) is 0 Å². The second-order valence-electron chi connectivity index (χ2n) is 4.83. The van der Waals surface area contributed by atoms with Gasteiger partial charge in [-0.3, -0.25) is 10.1 Å². The Kier molecular flexibility index (Phi) is 6.40. The predicted octanol–water partition coefficient (Wildman–Crippen LogP) is 6.61. The van der Waals surface area contributed by atoms with Crippen LogP contribution in [-0.4, -0.2) is 11.5 Å². The molecule has 0 aliphatic carbocycles. The number of nitrogens with zero attached hydrogens (tertiary/aromatic N) is 1. The molecular formula is C16H13Cl3N2O2S. The first-order valence-electron chi connectivity index (χ1n) is 6.80. The normalized spacial score (nSPS) is 10.5. The molecular weight excluding hydrogens is 391 g/mol. The molecule has 2 aromatic carbocycles. The van der Waals surface area contributed by atoms with Crippen LogP contribution in [0.3, 0.4) is 0 Å². The van der Waals surface area contributed by atoms with E-state index in [0.717, 1.165) is 10.5 Å². The summed E-state index contributed by atoms with van der Waals surface area (Å²) >= 11 is 20.1. The van der Waals surface area contributed by atoms with Crippen molar-refractivity contribution in [3.05, 3.63) is 67.7 Å². The number of aryl methyl sites for hydroxylation is 1. The quantitative estimate of drug-likeness (QED) is 0.335. The third-order valence-electron chi connectivity index (χ3n) is 3.14. The van der Waals surface area contributed by atoms with Crippen molar-refractivity contribution in [2.24, 2.45) is 0 Å². The fourth-order valence-electron chi connectivity index (χ4n) is 1.94. The number of hydrogen-bond donors (Lipinski definition) is 1. The molecule has 8 heteroatoms. The largest absolute Gasteiger partial charge is 0.375 e. The summed E-state index contributed by atoms with van der Waals surface area (Å²) in [6.45, 7) is 5.80. The van der Waals surface area contributed by atoms with Crippen molar-refractivity contribution in [2.75, 3.05) is 11.9 Å². The van der Waals surface area contributed by atoms with Crippen LogP contribution in [-0.2, 0) is 0 Å². The maximum Gasteiger partial charge on any atom is 0.293 e. The third kappa shape index (κ3) is 4.16. The molecule has 0 heterocycles. The lowest BCUT2D eigenvalue weighted by Gasteiger charge is -2.12. The first-order chi connectivity index (χ1) is 11.3. The van der Waals surface area contributed by atoms with Gasteiger partial charge in [0.05, 0.1) is 15.0 Å². The van der Waals surface area contributed by atoms with Gasteiger partial charge < -0.3 is 5.32 Å². The summed E-state index contributed by atoms with van der Waals surface area (Å²) in [6.07, 6.45) is 1.59. The number of nitrogens with one attached hydrogen (secondary N) is 1. The van der Waals surface area contributed by atoms with Crippen LogP contribution < -0.4 is 5.32 Å². The molecule has 0 spiro atoms. The van der Waals surface area contributed by atoms with Crippen molar-refractivity contribution in [3.63, 3.8) is 0 Å². The minimum Gasteiger partial charge on any atom is -0.375 e. The van der Waals surface area contributed by atoms with Crippen molar-refractivity contribution in [2.45, 2.75) is 16.7 Å². The van der Waals surface area contributed by atoms with Gasteiger partial charge in [0.25, 0.3) is 5.69 Å². The summed E-state index contributed by atoms with van der Waals surface area (Å²) in [6, 6.07) is 6.51. The van der Waals surface area contributed by atoms with Gasteiger partial charge in [-0.15, -0.1) is 6.58 Å². The zero-order valence-electron chi connectivity index (χ0n) is 12.6. The number of hydrogen-bond acceptors (Lipinski definition) is 4. The summed E-state index contributed by atoms with van der Waals surface area (Å²) < 4.78 is 0. The Morgan fingerprint density at radius 2 is 1.96 bits per heavy atom. The number of halogens is 3. The van der Waals surface area contributed by atoms with E-state index in [2.05, 4.69) is 11.9 Å². The Balaban J connectivity index is 2.46. The van der Waals surface area contributed by atoms with Crippen molar-refractivity contribution in [1.82, 2.24) is 0 Å². The van der Waals surface area contributed by atoms with Gasteiger partial charge >= 0.3 is 0 Å². The fraction of sp³-hybridized carbons (Fsp3) is 0.125. The van der Waals surface area contributed by atoms with Crippen molar-refractivity contribution in [3.8, 4) is 0 Å². The SMILES string of the molecule is C=CCNc1c([N+](=O)[O-])ccc(Sc2cc(Cl)c(C)cc2Cl)c1Cl. The Morgan fingerprint density at radius 3 is 2.58 bits per heavy atom. The van der Waals surface area contributed by atoms with E-state index in [4.69, 9.17) is 34.8 Å². The number of benzene rings is 2. The lowest BCUT2D eigenvalue weighted by Crippen LogP contribution is -2.03. The van der Waals surface area contributed by atoms with Crippen LogP contribution in [0.2, 0.25) is 15.1 Å². The van der Waals surface area contributed by atoms with Crippen LogP contribution in [0, 0.1) is 17.0 Å². The molecule has 126 valence electrons. The second kappa shape index (κ2) is 8.12. The lowest BCUT2D eigenvalue weighted by molar-refractivity contribution is -0.384. The van der Waals surface area contributed by atoms with Gasteiger partial charge in [0.2, 0.25) is 0 Å². The zero-order chi connectivity index (χ0) is 17.9. The van der Waals surface area contributed by atoms with Gasteiger partial charge in [-0.05, 0) is 30.7 Å². The minimum absolute atomic E-state index is 0.0979. The average Bonchev–Trinajstić information content (AvgIpc) is 2.52. The first kappa shape index (κ1) is 18.9. The molecule has 0 aliphatic heterocycles. The molecule has 0 radical (unpaired) electrons. The first-order valence-corrected chi connectivity index (χ1v) is 8.75. The van der Waals surface area contributed by atoms with Crippen LogP contribution in [0.5, 0.6) is 0 Å². The van der Waals surface area contributed by atoms with E-state index in [1.807, 2.05) is 6.92 Å². The van der Waals surface area contributed by atoms with Crippen molar-refractivity contribution >= 4 is 57.9 Å². The molecule has 0 aromatic heterocycles. The molecule has 4 nitrogen and oxygen atoms in total. The Hall–Kier alpha value is -1.40. The molecule has 2 aromatic rings. The van der Waals surface area contributed by atoms with E-state index in [0.29, 0.717) is 21.5 Å². The summed E-state index contributed by atoms with van der Waals surface area (Å²) in [5.41, 5.74) is 1.02. The Bertz CT molecular complexity index is 812. The van der Waals surface area contributed by atoms with Gasteiger partial charge in [-0.2, -0.15) is 0 Å². The summed E-state index contributed by atoms with van der Waals surface area (Å²) in [7, 11) is 0. The van der Waals surface area contributed by atoms with Crippen LogP contribution in [0.1, 0.15) is 5.56 Å². The van der Waals surface area contributed by atoms with Gasteiger partial charge in [0.15, 0.2) is 0 Å². The van der Waals surface area contributed by atoms with E-state index in [1.54, 1.807) is 24.3 Å². The summed E-state index contributed by atoms with van der Waals surface area (Å²) in [4.78, 5) is 12.0. The standard InChI is InChI=1S/C16H13Cl3N2O2S/c1-3-6-20-16-12(21(22)23)4-5-13(15(16)19)24-14-8-10(17)9(2)7-11(14)18/h3-5,7-8,20H,1,6H2,2H3. The molecule has 0 atom stereocenters. The molecule has 0 fully saturated rings. The van der Waals surface area contributed by atoms with Crippen LogP contribution in [0.25, 0.3) is 0 Å². The predicted molar refractivity (Wildman–Crippen MR) is 102 cm³/mol. The zero-order valence-corrected chi connectivity index (χ0v) is 15.7. The van der Waals surface area contributed by atoms with Gasteiger partial charge in [0, 0.05) is 27.4 Å². The molecule has 0 unspecified atom stereocenters. The number of nitro groups is 1. The number of nitro benzene ring substituents is 1. The minimum atomic E-state index is -0.485. The molecule has 0 saturated carbocycles. The maximum absolute atomic E-state index is 11.2. The monoisotopic (exact) mass is 402 g/mol. The molecule has 0 aliphatic rings. The molecule has 2 rings (SSSR count). The van der Waals surface area contributed by atoms with E-state index >= 15 is 0 Å². The molecule has 0 amide bonds. The van der Waals surface area contributed by atoms with E-state index in [9.17, 15) is 10.1 Å². The highest BCUT2D eigenvalue weighted by atomic mass is 35.5. The highest BCUT2D eigenvalue weighted by molar-refractivity contribution is 7.99. The van der Waals surface area contributed by atoms with Crippen LogP contribution in [0.15, 0.2) is 46.7 Å². The van der Waals surface area contributed by atoms with Crippen LogP contribution in [0.4, 0.5) is 11.4 Å². The highest BCUT2D eigenvalue weighted by Gasteiger charge is 2.20. The number of anilines is 1. The molecule has 24 heavy (non-hydrogen) atoms. The van der Waals surface area contributed by atoms with Crippen LogP contribution >= 0.6 is 46.6 Å². The third-order valence-corrected chi connectivity index (χ3v) is 5.59. The molecule has 0 bridgehead atoms. The highest BCUT2D eigenvalue weighted by Crippen LogP contribution is 2.44. The topological polar surface area (TPSA) is 55.2 Å². The summed E-state index contributed by atoms with van der Waals surface area (Å²) in [5.74, 6) is 0. The molecule has 1 N–H and O–H groups in total. The number of rotatable bonds is 6. The van der Waals surface area contributed by atoms with Gasteiger partial charge in [-0.1, -0.05) is 52.6 Å². The van der Waals surface area contributed by atoms with Gasteiger partial charge in [0.1, 0.15) is 5.69 Å². The van der Waals surface area contributed by atoms with E-state index < -0.39 is 4.92 Å². The summed E-state index contributed by atoms with van der Waals surface area (Å²) in [5, 5.41) is 15.5. The van der Waals surface area contributed by atoms with Crippen molar-refractivity contribution < 1.29 is 4.92 Å². The second-order valence-corrected chi connectivity index (χ2v) is 7.11. The fourth-order valence-corrected chi connectivity index (χ4v) is 3.75. The smallest absolute Gasteiger partial charge is 0.293 e. The Morgan fingerprint density at radius 1 is 1.25 bits per heavy atom. The Labute approximate surface area is 158 Å². The lowest BCUT2D eigenvalue weighted by atomic mass is 10.2. The van der Waals surface area contributed by atoms with E-state index in [-0.39, 0.29) is 16.4 Å². The van der Waals surface area contributed by atoms with E-state index in [1.165, 1.54) is 17.8 Å². The average molecular weight is 404 g/mol. The maximum atomic E-state index is 11.2.